The van der Waals surface area contributed by atoms with Crippen molar-refractivity contribution in [3.8, 4) is 6.07 Å². The number of hydrogen-bond acceptors (Lipinski definition) is 3. The van der Waals surface area contributed by atoms with E-state index in [1.807, 2.05) is 13.0 Å². The number of benzene rings is 1. The van der Waals surface area contributed by atoms with Crippen LogP contribution in [0.25, 0.3) is 0 Å². The lowest BCUT2D eigenvalue weighted by Gasteiger charge is -2.21. The predicted octanol–water partition coefficient (Wildman–Crippen LogP) is 2.12. The summed E-state index contributed by atoms with van der Waals surface area (Å²) < 4.78 is 26.5. The molecule has 0 saturated heterocycles. The largest absolute Gasteiger partial charge is 0.243 e. The van der Waals surface area contributed by atoms with Gasteiger partial charge in [-0.1, -0.05) is 6.92 Å². The Hall–Kier alpha value is -1.38. The molecule has 1 aromatic rings. The average Bonchev–Trinajstić information content (AvgIpc) is 3.20. The van der Waals surface area contributed by atoms with E-state index in [0.717, 1.165) is 19.3 Å². The first-order chi connectivity index (χ1) is 8.59. The average molecular weight is 264 g/mol. The van der Waals surface area contributed by atoms with E-state index in [2.05, 4.69) is 0 Å². The number of nitrogens with zero attached hydrogens (tertiary/aromatic N) is 2. The molecule has 5 heteroatoms. The number of nitriles is 1. The summed E-state index contributed by atoms with van der Waals surface area (Å²) in [5.74, 6) is 0. The van der Waals surface area contributed by atoms with Gasteiger partial charge in [-0.05, 0) is 43.5 Å². The van der Waals surface area contributed by atoms with Crippen LogP contribution in [0.4, 0.5) is 0 Å². The van der Waals surface area contributed by atoms with Crippen molar-refractivity contribution in [3.63, 3.8) is 0 Å². The van der Waals surface area contributed by atoms with E-state index in [0.29, 0.717) is 12.1 Å². The lowest BCUT2D eigenvalue weighted by Crippen LogP contribution is -2.33. The molecule has 2 rings (SSSR count). The summed E-state index contributed by atoms with van der Waals surface area (Å²) in [7, 11) is -3.40. The normalized spacial score (nSPS) is 15.6. The van der Waals surface area contributed by atoms with Crippen LogP contribution >= 0.6 is 0 Å². The third kappa shape index (κ3) is 2.55. The zero-order chi connectivity index (χ0) is 13.2. The minimum atomic E-state index is -3.40. The number of sulfonamides is 1. The van der Waals surface area contributed by atoms with Gasteiger partial charge >= 0.3 is 0 Å². The minimum absolute atomic E-state index is 0.172. The van der Waals surface area contributed by atoms with Gasteiger partial charge in [0.2, 0.25) is 10.0 Å². The van der Waals surface area contributed by atoms with Gasteiger partial charge in [0.1, 0.15) is 0 Å². The highest BCUT2D eigenvalue weighted by Crippen LogP contribution is 2.32. The number of hydrogen-bond donors (Lipinski definition) is 0. The summed E-state index contributed by atoms with van der Waals surface area (Å²) in [6.45, 7) is 2.54. The monoisotopic (exact) mass is 264 g/mol. The third-order valence-electron chi connectivity index (χ3n) is 2.99. The maximum atomic E-state index is 12.4. The Kier molecular flexibility index (Phi) is 3.69. The van der Waals surface area contributed by atoms with E-state index in [1.54, 1.807) is 16.4 Å². The molecule has 0 bridgehead atoms. The second-order valence-electron chi connectivity index (χ2n) is 4.48. The SMILES string of the molecule is CCCN(C1CC1)S(=O)(=O)c1ccc(C#N)cc1. The Balaban J connectivity index is 2.30. The molecule has 4 nitrogen and oxygen atoms in total. The van der Waals surface area contributed by atoms with Crippen LogP contribution in [-0.2, 0) is 10.0 Å². The van der Waals surface area contributed by atoms with E-state index in [9.17, 15) is 8.42 Å². The van der Waals surface area contributed by atoms with Crippen molar-refractivity contribution >= 4 is 10.0 Å². The summed E-state index contributed by atoms with van der Waals surface area (Å²) in [6.07, 6.45) is 2.72. The molecule has 0 amide bonds. The highest BCUT2D eigenvalue weighted by Gasteiger charge is 2.37. The molecule has 0 atom stereocenters. The zero-order valence-electron chi connectivity index (χ0n) is 10.3. The predicted molar refractivity (Wildman–Crippen MR) is 68.4 cm³/mol. The minimum Gasteiger partial charge on any atom is -0.207 e. The van der Waals surface area contributed by atoms with Crippen LogP contribution in [0.5, 0.6) is 0 Å². The Morgan fingerprint density at radius 1 is 1.33 bits per heavy atom. The molecule has 1 aliphatic rings. The maximum Gasteiger partial charge on any atom is 0.243 e. The summed E-state index contributed by atoms with van der Waals surface area (Å²) in [5.41, 5.74) is 0.474. The highest BCUT2D eigenvalue weighted by atomic mass is 32.2. The van der Waals surface area contributed by atoms with Gasteiger partial charge in [-0.3, -0.25) is 0 Å². The van der Waals surface area contributed by atoms with E-state index in [4.69, 9.17) is 5.26 Å². The molecule has 0 aliphatic heterocycles. The van der Waals surface area contributed by atoms with E-state index < -0.39 is 10.0 Å². The molecule has 1 aliphatic carbocycles. The first-order valence-corrected chi connectivity index (χ1v) is 7.55. The van der Waals surface area contributed by atoms with Gasteiger partial charge in [-0.15, -0.1) is 0 Å². The first kappa shape index (κ1) is 13.1. The van der Waals surface area contributed by atoms with Gasteiger partial charge in [0, 0.05) is 12.6 Å². The molecule has 0 spiro atoms. The zero-order valence-corrected chi connectivity index (χ0v) is 11.2. The molecule has 0 unspecified atom stereocenters. The van der Waals surface area contributed by atoms with Crippen LogP contribution in [0.3, 0.4) is 0 Å². The molecule has 0 aromatic heterocycles. The van der Waals surface area contributed by atoms with Crippen molar-refractivity contribution in [3.05, 3.63) is 29.8 Å². The van der Waals surface area contributed by atoms with Gasteiger partial charge in [-0.25, -0.2) is 8.42 Å². The quantitative estimate of drug-likeness (QED) is 0.818. The first-order valence-electron chi connectivity index (χ1n) is 6.11. The van der Waals surface area contributed by atoms with Crippen LogP contribution in [0.1, 0.15) is 31.7 Å². The van der Waals surface area contributed by atoms with Crippen molar-refractivity contribution < 1.29 is 8.42 Å². The fraction of sp³-hybridized carbons (Fsp3) is 0.462. The molecule has 96 valence electrons. The molecular formula is C13H16N2O2S. The standard InChI is InChI=1S/C13H16N2O2S/c1-2-9-15(12-5-6-12)18(16,17)13-7-3-11(10-14)4-8-13/h3-4,7-8,12H,2,5-6,9H2,1H3. The van der Waals surface area contributed by atoms with E-state index >= 15 is 0 Å². The fourth-order valence-electron chi connectivity index (χ4n) is 1.92. The maximum absolute atomic E-state index is 12.4. The summed E-state index contributed by atoms with van der Waals surface area (Å²) in [4.78, 5) is 0.279. The van der Waals surface area contributed by atoms with Crippen molar-refractivity contribution in [2.24, 2.45) is 0 Å². The van der Waals surface area contributed by atoms with Gasteiger partial charge in [-0.2, -0.15) is 9.57 Å². The summed E-state index contributed by atoms with van der Waals surface area (Å²) in [5, 5.41) is 8.71. The molecule has 1 aromatic carbocycles. The van der Waals surface area contributed by atoms with E-state index in [1.165, 1.54) is 12.1 Å². The topological polar surface area (TPSA) is 61.2 Å². The molecule has 1 saturated carbocycles. The van der Waals surface area contributed by atoms with Gasteiger partial charge < -0.3 is 0 Å². The van der Waals surface area contributed by atoms with Crippen molar-refractivity contribution in [1.29, 1.82) is 5.26 Å². The lowest BCUT2D eigenvalue weighted by molar-refractivity contribution is 0.403. The van der Waals surface area contributed by atoms with Gasteiger partial charge in [0.25, 0.3) is 0 Å². The van der Waals surface area contributed by atoms with Crippen LogP contribution in [0.15, 0.2) is 29.2 Å². The van der Waals surface area contributed by atoms with Crippen molar-refractivity contribution in [2.75, 3.05) is 6.54 Å². The molecular weight excluding hydrogens is 248 g/mol. The van der Waals surface area contributed by atoms with Crippen LogP contribution in [0.2, 0.25) is 0 Å². The Labute approximate surface area is 108 Å². The molecule has 0 radical (unpaired) electrons. The van der Waals surface area contributed by atoms with Crippen molar-refractivity contribution in [2.45, 2.75) is 37.1 Å². The van der Waals surface area contributed by atoms with E-state index in [-0.39, 0.29) is 10.9 Å². The van der Waals surface area contributed by atoms with Gasteiger partial charge in [0.05, 0.1) is 16.5 Å². The lowest BCUT2D eigenvalue weighted by atomic mass is 10.2. The fourth-order valence-corrected chi connectivity index (χ4v) is 3.70. The summed E-state index contributed by atoms with van der Waals surface area (Å²) >= 11 is 0. The van der Waals surface area contributed by atoms with Crippen LogP contribution in [0, 0.1) is 11.3 Å². The second-order valence-corrected chi connectivity index (χ2v) is 6.37. The van der Waals surface area contributed by atoms with Crippen molar-refractivity contribution in [1.82, 2.24) is 4.31 Å². The summed E-state index contributed by atoms with van der Waals surface area (Å²) in [6, 6.07) is 8.28. The Morgan fingerprint density at radius 3 is 2.39 bits per heavy atom. The van der Waals surface area contributed by atoms with Crippen LogP contribution in [-0.4, -0.2) is 25.3 Å². The number of rotatable bonds is 5. The molecule has 0 heterocycles. The highest BCUT2D eigenvalue weighted by molar-refractivity contribution is 7.89. The Bertz CT molecular complexity index is 554. The van der Waals surface area contributed by atoms with Gasteiger partial charge in [0.15, 0.2) is 0 Å². The smallest absolute Gasteiger partial charge is 0.207 e. The molecule has 1 fully saturated rings. The van der Waals surface area contributed by atoms with Crippen LogP contribution < -0.4 is 0 Å². The third-order valence-corrected chi connectivity index (χ3v) is 4.95. The molecule has 18 heavy (non-hydrogen) atoms. The Morgan fingerprint density at radius 2 is 1.94 bits per heavy atom. The molecule has 0 N–H and O–H groups in total. The second kappa shape index (κ2) is 5.09.